The maximum atomic E-state index is 11.5. The molecule has 0 spiro atoms. The first-order chi connectivity index (χ1) is 8.70. The fourth-order valence-electron chi connectivity index (χ4n) is 1.65. The average molecular weight is 262 g/mol. The Morgan fingerprint density at radius 2 is 2.11 bits per heavy atom. The molecule has 2 aromatic rings. The highest BCUT2D eigenvalue weighted by Gasteiger charge is 2.15. The minimum absolute atomic E-state index is 0.158. The molecule has 0 aliphatic heterocycles. The monoisotopic (exact) mass is 262 g/mol. The zero-order chi connectivity index (χ0) is 13.0. The molecule has 0 saturated heterocycles. The molecule has 1 heterocycles. The van der Waals surface area contributed by atoms with Gasteiger partial charge in [0.1, 0.15) is 0 Å². The second-order valence-electron chi connectivity index (χ2n) is 3.68. The molecule has 4 nitrogen and oxygen atoms in total. The van der Waals surface area contributed by atoms with E-state index in [4.69, 9.17) is 10.5 Å². The standard InChI is InChI=1S/C13H14N2O2S/c1-2-17-11(16)8-10-12(18-13(14)15-10)9-6-4-3-5-7-9/h3-7H,2,8H2,1H3,(H2,14,15). The van der Waals surface area contributed by atoms with Crippen LogP contribution in [-0.4, -0.2) is 17.6 Å². The van der Waals surface area contributed by atoms with Gasteiger partial charge in [0.25, 0.3) is 0 Å². The largest absolute Gasteiger partial charge is 0.466 e. The minimum atomic E-state index is -0.278. The Morgan fingerprint density at radius 1 is 1.39 bits per heavy atom. The number of nitrogen functional groups attached to an aromatic ring is 1. The number of anilines is 1. The third-order valence-electron chi connectivity index (χ3n) is 2.37. The van der Waals surface area contributed by atoms with Crippen molar-refractivity contribution < 1.29 is 9.53 Å². The molecule has 1 aromatic carbocycles. The molecule has 0 aliphatic rings. The quantitative estimate of drug-likeness (QED) is 0.860. The number of esters is 1. The lowest BCUT2D eigenvalue weighted by atomic mass is 10.1. The molecule has 0 atom stereocenters. The number of aromatic nitrogens is 1. The number of thiazole rings is 1. The van der Waals surface area contributed by atoms with Crippen molar-refractivity contribution in [3.63, 3.8) is 0 Å². The van der Waals surface area contributed by atoms with Gasteiger partial charge in [-0.1, -0.05) is 41.7 Å². The number of nitrogens with zero attached hydrogens (tertiary/aromatic N) is 1. The van der Waals surface area contributed by atoms with E-state index in [1.807, 2.05) is 30.3 Å². The first-order valence-electron chi connectivity index (χ1n) is 5.67. The summed E-state index contributed by atoms with van der Waals surface area (Å²) in [6.07, 6.45) is 0.158. The van der Waals surface area contributed by atoms with Crippen molar-refractivity contribution in [2.75, 3.05) is 12.3 Å². The van der Waals surface area contributed by atoms with Crippen LogP contribution >= 0.6 is 11.3 Å². The molecule has 0 aliphatic carbocycles. The van der Waals surface area contributed by atoms with Crippen LogP contribution in [-0.2, 0) is 16.0 Å². The van der Waals surface area contributed by atoms with Gasteiger partial charge in [0.05, 0.1) is 23.6 Å². The molecule has 5 heteroatoms. The van der Waals surface area contributed by atoms with Crippen LogP contribution < -0.4 is 5.73 Å². The van der Waals surface area contributed by atoms with Gasteiger partial charge in [-0.3, -0.25) is 4.79 Å². The number of hydrogen-bond donors (Lipinski definition) is 1. The molecule has 0 saturated carbocycles. The Labute approximate surface area is 109 Å². The van der Waals surface area contributed by atoms with Crippen LogP contribution in [0.25, 0.3) is 10.4 Å². The second kappa shape index (κ2) is 5.64. The highest BCUT2D eigenvalue weighted by atomic mass is 32.1. The van der Waals surface area contributed by atoms with Gasteiger partial charge in [0, 0.05) is 0 Å². The molecule has 0 unspecified atom stereocenters. The van der Waals surface area contributed by atoms with Gasteiger partial charge in [0.2, 0.25) is 0 Å². The molecule has 0 radical (unpaired) electrons. The summed E-state index contributed by atoms with van der Waals surface area (Å²) in [7, 11) is 0. The smallest absolute Gasteiger partial charge is 0.311 e. The van der Waals surface area contributed by atoms with E-state index in [-0.39, 0.29) is 12.4 Å². The third-order valence-corrected chi connectivity index (χ3v) is 3.34. The number of carbonyl (C=O) groups excluding carboxylic acids is 1. The Kier molecular flexibility index (Phi) is 3.94. The first-order valence-corrected chi connectivity index (χ1v) is 6.48. The van der Waals surface area contributed by atoms with Crippen molar-refractivity contribution in [1.82, 2.24) is 4.98 Å². The number of benzene rings is 1. The lowest BCUT2D eigenvalue weighted by Gasteiger charge is -2.02. The fraction of sp³-hybridized carbons (Fsp3) is 0.231. The van der Waals surface area contributed by atoms with Crippen LogP contribution in [0.2, 0.25) is 0 Å². The minimum Gasteiger partial charge on any atom is -0.466 e. The van der Waals surface area contributed by atoms with Gasteiger partial charge in [-0.15, -0.1) is 0 Å². The molecule has 1 aromatic heterocycles. The molecule has 0 amide bonds. The Hall–Kier alpha value is -1.88. The highest BCUT2D eigenvalue weighted by Crippen LogP contribution is 2.31. The Balaban J connectivity index is 2.29. The van der Waals surface area contributed by atoms with E-state index in [0.717, 1.165) is 10.4 Å². The lowest BCUT2D eigenvalue weighted by Crippen LogP contribution is -2.08. The first kappa shape index (κ1) is 12.6. The van der Waals surface area contributed by atoms with Crippen LogP contribution in [0.3, 0.4) is 0 Å². The van der Waals surface area contributed by atoms with E-state index < -0.39 is 0 Å². The van der Waals surface area contributed by atoms with Crippen LogP contribution in [0, 0.1) is 0 Å². The van der Waals surface area contributed by atoms with Crippen LogP contribution in [0.15, 0.2) is 30.3 Å². The number of carbonyl (C=O) groups is 1. The van der Waals surface area contributed by atoms with E-state index in [1.165, 1.54) is 11.3 Å². The van der Waals surface area contributed by atoms with E-state index in [9.17, 15) is 4.79 Å². The predicted octanol–water partition coefficient (Wildman–Crippen LogP) is 2.50. The maximum Gasteiger partial charge on any atom is 0.311 e. The van der Waals surface area contributed by atoms with E-state index >= 15 is 0 Å². The van der Waals surface area contributed by atoms with Crippen LogP contribution in [0.4, 0.5) is 5.13 Å². The Morgan fingerprint density at radius 3 is 2.78 bits per heavy atom. The average Bonchev–Trinajstić information content (AvgIpc) is 2.71. The van der Waals surface area contributed by atoms with Crippen molar-refractivity contribution in [3.05, 3.63) is 36.0 Å². The summed E-state index contributed by atoms with van der Waals surface area (Å²) < 4.78 is 4.93. The molecule has 18 heavy (non-hydrogen) atoms. The van der Waals surface area contributed by atoms with Crippen molar-refractivity contribution >= 4 is 22.4 Å². The molecule has 2 N–H and O–H groups in total. The molecule has 94 valence electrons. The van der Waals surface area contributed by atoms with Crippen molar-refractivity contribution in [2.45, 2.75) is 13.3 Å². The van der Waals surface area contributed by atoms with Gasteiger partial charge in [0.15, 0.2) is 5.13 Å². The molecule has 0 fully saturated rings. The van der Waals surface area contributed by atoms with Gasteiger partial charge in [-0.2, -0.15) is 0 Å². The van der Waals surface area contributed by atoms with Crippen LogP contribution in [0.5, 0.6) is 0 Å². The zero-order valence-corrected chi connectivity index (χ0v) is 10.9. The lowest BCUT2D eigenvalue weighted by molar-refractivity contribution is -0.142. The van der Waals surface area contributed by atoms with Gasteiger partial charge < -0.3 is 10.5 Å². The summed E-state index contributed by atoms with van der Waals surface area (Å²) in [6.45, 7) is 2.16. The van der Waals surface area contributed by atoms with E-state index in [2.05, 4.69) is 4.98 Å². The van der Waals surface area contributed by atoms with Gasteiger partial charge in [-0.05, 0) is 12.5 Å². The van der Waals surface area contributed by atoms with Gasteiger partial charge >= 0.3 is 5.97 Å². The number of ether oxygens (including phenoxy) is 1. The number of nitrogens with two attached hydrogens (primary N) is 1. The SMILES string of the molecule is CCOC(=O)Cc1nc(N)sc1-c1ccccc1. The van der Waals surface area contributed by atoms with Crippen molar-refractivity contribution in [1.29, 1.82) is 0 Å². The number of hydrogen-bond acceptors (Lipinski definition) is 5. The summed E-state index contributed by atoms with van der Waals surface area (Å²) in [6, 6.07) is 9.78. The highest BCUT2D eigenvalue weighted by molar-refractivity contribution is 7.18. The van der Waals surface area contributed by atoms with E-state index in [0.29, 0.717) is 17.4 Å². The second-order valence-corrected chi connectivity index (χ2v) is 4.71. The molecule has 0 bridgehead atoms. The normalized spacial score (nSPS) is 10.3. The zero-order valence-electron chi connectivity index (χ0n) is 10.1. The topological polar surface area (TPSA) is 65.2 Å². The summed E-state index contributed by atoms with van der Waals surface area (Å²) >= 11 is 1.39. The number of rotatable bonds is 4. The summed E-state index contributed by atoms with van der Waals surface area (Å²) in [4.78, 5) is 16.6. The van der Waals surface area contributed by atoms with Gasteiger partial charge in [-0.25, -0.2) is 4.98 Å². The summed E-state index contributed by atoms with van der Waals surface area (Å²) in [5.41, 5.74) is 7.42. The summed E-state index contributed by atoms with van der Waals surface area (Å²) in [5, 5.41) is 0.466. The van der Waals surface area contributed by atoms with Crippen molar-refractivity contribution in [3.8, 4) is 10.4 Å². The van der Waals surface area contributed by atoms with Crippen LogP contribution in [0.1, 0.15) is 12.6 Å². The maximum absolute atomic E-state index is 11.5. The predicted molar refractivity (Wildman–Crippen MR) is 72.3 cm³/mol. The van der Waals surface area contributed by atoms with Crippen molar-refractivity contribution in [2.24, 2.45) is 0 Å². The third kappa shape index (κ3) is 2.87. The summed E-state index contributed by atoms with van der Waals surface area (Å²) in [5.74, 6) is -0.278. The molecule has 2 rings (SSSR count). The fourth-order valence-corrected chi connectivity index (χ4v) is 2.51. The van der Waals surface area contributed by atoms with E-state index in [1.54, 1.807) is 6.92 Å². The molecular formula is C13H14N2O2S. The Bertz CT molecular complexity index is 537. The molecular weight excluding hydrogens is 248 g/mol.